The minimum atomic E-state index is 0.278. The molecule has 24 aromatic rings. The maximum Gasteiger partial charge on any atom is 0.236 e. The fourth-order valence-corrected chi connectivity index (χ4v) is 21.6. The number of hydrogen-bond donors (Lipinski definition) is 1. The van der Waals surface area contributed by atoms with Gasteiger partial charge < -0.3 is 4.98 Å². The molecule has 107 heavy (non-hydrogen) atoms. The van der Waals surface area contributed by atoms with E-state index in [9.17, 15) is 0 Å². The molecule has 0 bridgehead atoms. The van der Waals surface area contributed by atoms with E-state index in [1.165, 1.54) is 153 Å². The number of thiophene rings is 4. The first kappa shape index (κ1) is 61.9. The van der Waals surface area contributed by atoms with Crippen molar-refractivity contribution in [2.24, 2.45) is 0 Å². The third kappa shape index (κ3) is 9.74. The van der Waals surface area contributed by atoms with Crippen LogP contribution in [0.1, 0.15) is 0 Å². The standard InChI is InChI=1S/C48H27N3S2.C26H15ClN2S.C22H13NS/c1-2-14-28(15-3-1)29-26-27-32(31-17-5-4-16-30(29)31)44-43-37-22-10-13-25-40(37)53-47(43)50-48(49-44)51-38-23-11-8-20-35(38)41-42-36-21-9-12-24-39(36)52-46(42)34-19-7-6-18-33(34)45(41)51;27-26-28-24(23-21-12-6-7-13-22(21)30-25(23)29-26)20-15-14-17(16-8-2-1-3-9-16)18-10-4-5-11-19(18)20;1-2-8-14-13(7-1)21-19(15-9-3-5-11-17(15)23-21)20-16-10-4-6-12-18(16)24-22(14)20/h1-27H;1-15H;1-12,23H. The molecule has 500 valence electrons. The van der Waals surface area contributed by atoms with Gasteiger partial charge in [0.05, 0.1) is 27.9 Å². The molecular formula is C96H55ClN6S4. The molecule has 0 saturated carbocycles. The average molecular weight is 1460 g/mol. The summed E-state index contributed by atoms with van der Waals surface area (Å²) in [6, 6.07) is 117. The number of H-pyrrole nitrogens is 1. The van der Waals surface area contributed by atoms with Crippen LogP contribution in [-0.2, 0) is 0 Å². The van der Waals surface area contributed by atoms with E-state index in [1.807, 2.05) is 28.7 Å². The lowest BCUT2D eigenvalue weighted by molar-refractivity contribution is 1.02. The van der Waals surface area contributed by atoms with E-state index in [1.54, 1.807) is 22.7 Å². The number of fused-ring (bicyclic) bond motifs is 28. The maximum atomic E-state index is 6.36. The Hall–Kier alpha value is -12.5. The molecule has 6 nitrogen and oxygen atoms in total. The molecule has 11 heteroatoms. The fourth-order valence-electron chi connectivity index (χ4n) is 16.8. The molecule has 0 amide bonds. The molecule has 0 aliphatic rings. The van der Waals surface area contributed by atoms with Crippen molar-refractivity contribution in [3.8, 4) is 50.7 Å². The molecule has 1 N–H and O–H groups in total. The van der Waals surface area contributed by atoms with Gasteiger partial charge in [0, 0.05) is 131 Å². The van der Waals surface area contributed by atoms with E-state index in [0.717, 1.165) is 59.4 Å². The average Bonchev–Trinajstić information content (AvgIpc) is 1.53. The molecule has 16 aromatic carbocycles. The third-order valence-corrected chi connectivity index (χ3v) is 26.0. The van der Waals surface area contributed by atoms with E-state index >= 15 is 0 Å². The molecule has 0 saturated heterocycles. The Kier molecular flexibility index (Phi) is 14.4. The van der Waals surface area contributed by atoms with Gasteiger partial charge in [0.15, 0.2) is 0 Å². The lowest BCUT2D eigenvalue weighted by Gasteiger charge is -2.15. The van der Waals surface area contributed by atoms with Crippen LogP contribution < -0.4 is 0 Å². The number of nitrogens with one attached hydrogen (secondary N) is 1. The highest BCUT2D eigenvalue weighted by Crippen LogP contribution is 2.51. The molecule has 8 aromatic heterocycles. The zero-order valence-electron chi connectivity index (χ0n) is 56.9. The highest BCUT2D eigenvalue weighted by molar-refractivity contribution is 7.28. The number of aromatic amines is 1. The molecule has 0 radical (unpaired) electrons. The Morgan fingerprint density at radius 3 is 1.18 bits per heavy atom. The molecule has 0 atom stereocenters. The number of aromatic nitrogens is 6. The monoisotopic (exact) mass is 1450 g/mol. The molecule has 0 unspecified atom stereocenters. The Labute approximate surface area is 632 Å². The molecule has 24 rings (SSSR count). The van der Waals surface area contributed by atoms with Crippen LogP contribution in [0.15, 0.2) is 328 Å². The molecule has 0 fully saturated rings. The van der Waals surface area contributed by atoms with Crippen molar-refractivity contribution in [1.82, 2.24) is 29.5 Å². The molecule has 0 aliphatic heterocycles. The summed E-state index contributed by atoms with van der Waals surface area (Å²) in [4.78, 5) is 26.0. The first-order valence-electron chi connectivity index (χ1n) is 35.7. The number of halogens is 1. The second kappa shape index (κ2) is 24.8. The minimum absolute atomic E-state index is 0.278. The van der Waals surface area contributed by atoms with E-state index in [2.05, 4.69) is 336 Å². The quantitative estimate of drug-likeness (QED) is 0.174. The normalized spacial score (nSPS) is 12.0. The number of rotatable bonds is 5. The number of hydrogen-bond acceptors (Lipinski definition) is 8. The van der Waals surface area contributed by atoms with Gasteiger partial charge in [-0.3, -0.25) is 4.57 Å². The van der Waals surface area contributed by atoms with Crippen molar-refractivity contribution in [2.45, 2.75) is 0 Å². The summed E-state index contributed by atoms with van der Waals surface area (Å²) in [6.07, 6.45) is 0. The highest BCUT2D eigenvalue weighted by Gasteiger charge is 2.27. The lowest BCUT2D eigenvalue weighted by atomic mass is 9.93. The van der Waals surface area contributed by atoms with Crippen molar-refractivity contribution in [2.75, 3.05) is 0 Å². The summed E-state index contributed by atoms with van der Waals surface area (Å²) in [7, 11) is 0. The summed E-state index contributed by atoms with van der Waals surface area (Å²) in [5.74, 6) is 0.686. The van der Waals surface area contributed by atoms with Gasteiger partial charge in [0.25, 0.3) is 0 Å². The Morgan fingerprint density at radius 2 is 0.636 bits per heavy atom. The molecule has 0 spiro atoms. The van der Waals surface area contributed by atoms with Crippen molar-refractivity contribution in [1.29, 1.82) is 0 Å². The van der Waals surface area contributed by atoms with E-state index in [4.69, 9.17) is 26.6 Å². The van der Waals surface area contributed by atoms with Gasteiger partial charge in [-0.25, -0.2) is 19.9 Å². The van der Waals surface area contributed by atoms with Gasteiger partial charge >= 0.3 is 0 Å². The first-order chi connectivity index (χ1) is 53.0. The largest absolute Gasteiger partial charge is 0.354 e. The summed E-state index contributed by atoms with van der Waals surface area (Å²) in [6.45, 7) is 0. The second-order valence-corrected chi connectivity index (χ2v) is 31.6. The zero-order valence-corrected chi connectivity index (χ0v) is 60.9. The molecule has 8 heterocycles. The second-order valence-electron chi connectivity index (χ2n) is 27.1. The highest BCUT2D eigenvalue weighted by atomic mass is 35.5. The predicted octanol–water partition coefficient (Wildman–Crippen LogP) is 28.8. The molecule has 0 aliphatic carbocycles. The van der Waals surface area contributed by atoms with Crippen LogP contribution in [0.2, 0.25) is 5.28 Å². The SMILES string of the molecule is Clc1nc(-c2ccc(-c3ccccc3)c3ccccc23)c2c(n1)sc1ccccc12.c1ccc(-c2ccc(-c3nc(-n4c5ccccc5c5c6c7ccccc7sc6c6ccccc6c54)nc4sc5ccccc5c34)c3ccccc23)cc1.c1ccc2c(c1)[nH]c1c3ccccc3c3sc4ccccc4c3c21. The van der Waals surface area contributed by atoms with Gasteiger partial charge in [-0.15, -0.1) is 45.3 Å². The summed E-state index contributed by atoms with van der Waals surface area (Å²) in [5.41, 5.74) is 13.6. The van der Waals surface area contributed by atoms with Gasteiger partial charge in [0.1, 0.15) is 9.66 Å². The maximum absolute atomic E-state index is 6.36. The van der Waals surface area contributed by atoms with E-state index < -0.39 is 0 Å². The van der Waals surface area contributed by atoms with Crippen molar-refractivity contribution >= 4 is 225 Å². The van der Waals surface area contributed by atoms with Gasteiger partial charge in [-0.1, -0.05) is 291 Å². The van der Waals surface area contributed by atoms with Gasteiger partial charge in [-0.05, 0) is 91.8 Å². The Bertz CT molecular complexity index is 7690. The fraction of sp³-hybridized carbons (Fsp3) is 0. The van der Waals surface area contributed by atoms with Crippen LogP contribution in [0.25, 0.3) is 218 Å². The van der Waals surface area contributed by atoms with Crippen molar-refractivity contribution in [3.63, 3.8) is 0 Å². The van der Waals surface area contributed by atoms with Crippen molar-refractivity contribution in [3.05, 3.63) is 333 Å². The number of benzene rings is 16. The Morgan fingerprint density at radius 1 is 0.262 bits per heavy atom. The van der Waals surface area contributed by atoms with E-state index in [0.29, 0.717) is 5.95 Å². The number of para-hydroxylation sites is 2. The minimum Gasteiger partial charge on any atom is -0.354 e. The topological polar surface area (TPSA) is 72.3 Å². The van der Waals surface area contributed by atoms with Gasteiger partial charge in [0.2, 0.25) is 11.2 Å². The summed E-state index contributed by atoms with van der Waals surface area (Å²) >= 11 is 13.6. The van der Waals surface area contributed by atoms with Crippen LogP contribution in [0, 0.1) is 0 Å². The van der Waals surface area contributed by atoms with E-state index in [-0.39, 0.29) is 5.28 Å². The van der Waals surface area contributed by atoms with Crippen LogP contribution >= 0.6 is 56.9 Å². The lowest BCUT2D eigenvalue weighted by Crippen LogP contribution is -2.03. The van der Waals surface area contributed by atoms with Crippen LogP contribution in [0.4, 0.5) is 0 Å². The van der Waals surface area contributed by atoms with Gasteiger partial charge in [-0.2, -0.15) is 0 Å². The van der Waals surface area contributed by atoms with Crippen LogP contribution in [0.3, 0.4) is 0 Å². The third-order valence-electron chi connectivity index (χ3n) is 21.3. The predicted molar refractivity (Wildman–Crippen MR) is 463 cm³/mol. The van der Waals surface area contributed by atoms with Crippen molar-refractivity contribution < 1.29 is 0 Å². The summed E-state index contributed by atoms with van der Waals surface area (Å²) in [5, 5.41) is 25.1. The Balaban J connectivity index is 0.000000111. The zero-order chi connectivity index (χ0) is 70.4. The van der Waals surface area contributed by atoms with Crippen LogP contribution in [0.5, 0.6) is 0 Å². The summed E-state index contributed by atoms with van der Waals surface area (Å²) < 4.78 is 10.1. The molecular weight excluding hydrogens is 1400 g/mol. The van der Waals surface area contributed by atoms with Crippen LogP contribution in [-0.4, -0.2) is 29.5 Å². The smallest absolute Gasteiger partial charge is 0.236 e. The number of nitrogens with zero attached hydrogens (tertiary/aromatic N) is 5. The first-order valence-corrected chi connectivity index (χ1v) is 39.3.